The predicted molar refractivity (Wildman–Crippen MR) is 80.2 cm³/mol. The molecule has 4 nitrogen and oxygen atoms in total. The van der Waals surface area contributed by atoms with Crippen molar-refractivity contribution in [2.24, 2.45) is 11.8 Å². The van der Waals surface area contributed by atoms with Gasteiger partial charge in [-0.2, -0.15) is 0 Å². The predicted octanol–water partition coefficient (Wildman–Crippen LogP) is 2.75. The second kappa shape index (κ2) is 5.81. The van der Waals surface area contributed by atoms with Gasteiger partial charge in [0.1, 0.15) is 0 Å². The molecule has 0 aliphatic heterocycles. The Labute approximate surface area is 122 Å². The smallest absolute Gasteiger partial charge is 0.241 e. The first-order valence-electron chi connectivity index (χ1n) is 6.43. The van der Waals surface area contributed by atoms with Gasteiger partial charge in [-0.05, 0) is 58.8 Å². The van der Waals surface area contributed by atoms with Gasteiger partial charge >= 0.3 is 0 Å². The molecular formula is C13H19BrN2O2S. The van der Waals surface area contributed by atoms with Crippen LogP contribution in [0.1, 0.15) is 26.2 Å². The van der Waals surface area contributed by atoms with E-state index >= 15 is 0 Å². The van der Waals surface area contributed by atoms with Crippen LogP contribution in [0.2, 0.25) is 0 Å². The summed E-state index contributed by atoms with van der Waals surface area (Å²) >= 11 is 3.25. The van der Waals surface area contributed by atoms with Gasteiger partial charge in [0.15, 0.2) is 0 Å². The highest BCUT2D eigenvalue weighted by molar-refractivity contribution is 9.10. The number of nitrogens with one attached hydrogen (secondary N) is 1. The first-order chi connectivity index (χ1) is 8.88. The Morgan fingerprint density at radius 3 is 2.79 bits per heavy atom. The molecule has 2 rings (SSSR count). The van der Waals surface area contributed by atoms with E-state index in [0.717, 1.165) is 12.8 Å². The summed E-state index contributed by atoms with van der Waals surface area (Å²) in [6, 6.07) is 4.80. The van der Waals surface area contributed by atoms with Crippen LogP contribution in [-0.2, 0) is 10.0 Å². The van der Waals surface area contributed by atoms with Gasteiger partial charge in [-0.25, -0.2) is 13.1 Å². The van der Waals surface area contributed by atoms with Crippen LogP contribution in [0.15, 0.2) is 27.6 Å². The van der Waals surface area contributed by atoms with Gasteiger partial charge < -0.3 is 5.73 Å². The minimum absolute atomic E-state index is 0.207. The summed E-state index contributed by atoms with van der Waals surface area (Å²) < 4.78 is 27.7. The highest BCUT2D eigenvalue weighted by Gasteiger charge is 2.24. The van der Waals surface area contributed by atoms with Gasteiger partial charge in [-0.1, -0.05) is 13.3 Å². The van der Waals surface area contributed by atoms with Crippen LogP contribution in [0.4, 0.5) is 5.69 Å². The highest BCUT2D eigenvalue weighted by Crippen LogP contribution is 2.30. The molecule has 0 heterocycles. The molecule has 0 amide bonds. The van der Waals surface area contributed by atoms with Crippen LogP contribution in [0.25, 0.3) is 0 Å². The molecule has 3 N–H and O–H groups in total. The lowest BCUT2D eigenvalue weighted by Gasteiger charge is -2.13. The van der Waals surface area contributed by atoms with Crippen molar-refractivity contribution < 1.29 is 8.42 Å². The Kier molecular flexibility index (Phi) is 4.53. The average molecular weight is 347 g/mol. The molecule has 1 aromatic carbocycles. The van der Waals surface area contributed by atoms with Crippen LogP contribution >= 0.6 is 15.9 Å². The molecule has 1 aromatic rings. The van der Waals surface area contributed by atoms with E-state index in [9.17, 15) is 8.42 Å². The zero-order valence-electron chi connectivity index (χ0n) is 10.9. The number of nitrogen functional groups attached to an aromatic ring is 1. The van der Waals surface area contributed by atoms with E-state index in [1.54, 1.807) is 12.1 Å². The Morgan fingerprint density at radius 1 is 1.42 bits per heavy atom. The first kappa shape index (κ1) is 14.8. The third-order valence-corrected chi connectivity index (χ3v) is 6.03. The summed E-state index contributed by atoms with van der Waals surface area (Å²) in [7, 11) is -3.50. The molecule has 0 saturated heterocycles. The van der Waals surface area contributed by atoms with Crippen LogP contribution in [0, 0.1) is 11.8 Å². The molecule has 0 spiro atoms. The van der Waals surface area contributed by atoms with Crippen molar-refractivity contribution in [3.05, 3.63) is 22.7 Å². The van der Waals surface area contributed by atoms with Crippen LogP contribution in [-0.4, -0.2) is 15.0 Å². The van der Waals surface area contributed by atoms with Crippen LogP contribution in [0.5, 0.6) is 0 Å². The molecule has 6 heteroatoms. The molecular weight excluding hydrogens is 328 g/mol. The third-order valence-electron chi connectivity index (χ3n) is 3.61. The van der Waals surface area contributed by atoms with E-state index in [-0.39, 0.29) is 4.90 Å². The van der Waals surface area contributed by atoms with E-state index in [1.807, 2.05) is 0 Å². The van der Waals surface area contributed by atoms with Crippen molar-refractivity contribution in [3.8, 4) is 0 Å². The van der Waals surface area contributed by atoms with E-state index in [0.29, 0.717) is 28.5 Å². The monoisotopic (exact) mass is 346 g/mol. The Bertz CT molecular complexity index is 560. The Morgan fingerprint density at radius 2 is 2.16 bits per heavy atom. The molecule has 1 aliphatic rings. The number of sulfonamides is 1. The summed E-state index contributed by atoms with van der Waals surface area (Å²) in [5.41, 5.74) is 6.09. The standard InChI is InChI=1S/C13H19BrN2O2S/c1-9-2-3-10(6-9)8-16-19(17,18)13-7-11(15)4-5-12(13)14/h4-5,7,9-10,16H,2-3,6,8,15H2,1H3. The van der Waals surface area contributed by atoms with Crippen LogP contribution in [0.3, 0.4) is 0 Å². The number of benzene rings is 1. The molecule has 0 aromatic heterocycles. The van der Waals surface area contributed by atoms with Crippen molar-refractivity contribution in [1.29, 1.82) is 0 Å². The fraction of sp³-hybridized carbons (Fsp3) is 0.538. The maximum Gasteiger partial charge on any atom is 0.241 e. The third kappa shape index (κ3) is 3.70. The van der Waals surface area contributed by atoms with E-state index in [1.165, 1.54) is 12.5 Å². The number of hydrogen-bond acceptors (Lipinski definition) is 3. The quantitative estimate of drug-likeness (QED) is 0.823. The number of hydrogen-bond donors (Lipinski definition) is 2. The summed E-state index contributed by atoms with van der Waals surface area (Å²) in [5, 5.41) is 0. The first-order valence-corrected chi connectivity index (χ1v) is 8.71. The zero-order chi connectivity index (χ0) is 14.0. The summed E-state index contributed by atoms with van der Waals surface area (Å²) in [6.45, 7) is 2.72. The van der Waals surface area contributed by atoms with E-state index < -0.39 is 10.0 Å². The molecule has 1 fully saturated rings. The lowest BCUT2D eigenvalue weighted by atomic mass is 10.1. The molecule has 0 radical (unpaired) electrons. The summed E-state index contributed by atoms with van der Waals surface area (Å²) in [4.78, 5) is 0.207. The fourth-order valence-corrected chi connectivity index (χ4v) is 4.65. The normalized spacial score (nSPS) is 23.7. The van der Waals surface area contributed by atoms with Gasteiger partial charge in [0, 0.05) is 16.7 Å². The maximum atomic E-state index is 12.2. The second-order valence-corrected chi connectivity index (χ2v) is 7.92. The molecule has 1 aliphatic carbocycles. The Hall–Kier alpha value is -0.590. The van der Waals surface area contributed by atoms with Gasteiger partial charge in [-0.15, -0.1) is 0 Å². The summed E-state index contributed by atoms with van der Waals surface area (Å²) in [6.07, 6.45) is 3.39. The zero-order valence-corrected chi connectivity index (χ0v) is 13.3. The molecule has 1 saturated carbocycles. The second-order valence-electron chi connectivity index (χ2n) is 5.33. The van der Waals surface area contributed by atoms with Gasteiger partial charge in [0.2, 0.25) is 10.0 Å². The highest BCUT2D eigenvalue weighted by atomic mass is 79.9. The lowest BCUT2D eigenvalue weighted by Crippen LogP contribution is -2.29. The van der Waals surface area contributed by atoms with Crippen molar-refractivity contribution >= 4 is 31.6 Å². The minimum Gasteiger partial charge on any atom is -0.399 e. The minimum atomic E-state index is -3.50. The van der Waals surface area contributed by atoms with Gasteiger partial charge in [-0.3, -0.25) is 0 Å². The molecule has 106 valence electrons. The Balaban J connectivity index is 2.08. The number of halogens is 1. The van der Waals surface area contributed by atoms with Crippen molar-refractivity contribution in [1.82, 2.24) is 4.72 Å². The topological polar surface area (TPSA) is 72.2 Å². The van der Waals surface area contributed by atoms with Crippen LogP contribution < -0.4 is 10.5 Å². The fourth-order valence-electron chi connectivity index (χ4n) is 2.54. The number of anilines is 1. The van der Waals surface area contributed by atoms with Crippen molar-refractivity contribution in [2.75, 3.05) is 12.3 Å². The van der Waals surface area contributed by atoms with Crippen molar-refractivity contribution in [3.63, 3.8) is 0 Å². The maximum absolute atomic E-state index is 12.2. The number of nitrogens with two attached hydrogens (primary N) is 1. The molecule has 0 bridgehead atoms. The SMILES string of the molecule is CC1CCC(CNS(=O)(=O)c2cc(N)ccc2Br)C1. The average Bonchev–Trinajstić information content (AvgIpc) is 2.76. The number of rotatable bonds is 4. The van der Waals surface area contributed by atoms with Gasteiger partial charge in [0.25, 0.3) is 0 Å². The van der Waals surface area contributed by atoms with Crippen molar-refractivity contribution in [2.45, 2.75) is 31.1 Å². The van der Waals surface area contributed by atoms with E-state index in [2.05, 4.69) is 27.6 Å². The summed E-state index contributed by atoms with van der Waals surface area (Å²) in [5.74, 6) is 1.15. The molecule has 2 atom stereocenters. The van der Waals surface area contributed by atoms with E-state index in [4.69, 9.17) is 5.73 Å². The largest absolute Gasteiger partial charge is 0.399 e. The lowest BCUT2D eigenvalue weighted by molar-refractivity contribution is 0.498. The molecule has 19 heavy (non-hydrogen) atoms. The molecule has 2 unspecified atom stereocenters. The van der Waals surface area contributed by atoms with Gasteiger partial charge in [0.05, 0.1) is 4.90 Å².